The maximum absolute atomic E-state index is 13.6. The smallest absolute Gasteiger partial charge is 0.254 e. The third-order valence-electron chi connectivity index (χ3n) is 6.13. The van der Waals surface area contributed by atoms with Crippen molar-refractivity contribution in [1.82, 2.24) is 9.80 Å². The van der Waals surface area contributed by atoms with Gasteiger partial charge >= 0.3 is 0 Å². The van der Waals surface area contributed by atoms with Gasteiger partial charge in [-0.2, -0.15) is 0 Å². The number of ether oxygens (including phenoxy) is 4. The van der Waals surface area contributed by atoms with E-state index in [2.05, 4.69) is 0 Å². The van der Waals surface area contributed by atoms with Crippen molar-refractivity contribution in [2.45, 2.75) is 19.9 Å². The summed E-state index contributed by atoms with van der Waals surface area (Å²) >= 11 is 0. The van der Waals surface area contributed by atoms with Crippen molar-refractivity contribution in [1.29, 1.82) is 0 Å². The fourth-order valence-corrected chi connectivity index (χ4v) is 3.98. The number of carbonyl (C=O) groups is 2. The number of hydrogen-bond donors (Lipinski definition) is 0. The highest BCUT2D eigenvalue weighted by atomic mass is 16.5. The summed E-state index contributed by atoms with van der Waals surface area (Å²) < 4.78 is 26.9. The number of nitrogens with zero attached hydrogens (tertiary/aromatic N) is 2. The van der Waals surface area contributed by atoms with E-state index in [4.69, 9.17) is 23.4 Å². The van der Waals surface area contributed by atoms with Gasteiger partial charge in [0.2, 0.25) is 5.91 Å². The van der Waals surface area contributed by atoms with Crippen LogP contribution in [-0.4, -0.2) is 76.3 Å². The first-order valence-electron chi connectivity index (χ1n) is 12.3. The average Bonchev–Trinajstić information content (AvgIpc) is 3.36. The van der Waals surface area contributed by atoms with Crippen LogP contribution >= 0.6 is 0 Å². The molecule has 3 aromatic rings. The van der Waals surface area contributed by atoms with Crippen LogP contribution in [0.5, 0.6) is 17.2 Å². The van der Waals surface area contributed by atoms with E-state index in [1.165, 1.54) is 4.90 Å². The van der Waals surface area contributed by atoms with Gasteiger partial charge in [0.05, 0.1) is 34.5 Å². The van der Waals surface area contributed by atoms with Crippen LogP contribution in [0.1, 0.15) is 27.4 Å². The van der Waals surface area contributed by atoms with Gasteiger partial charge in [-0.15, -0.1) is 0 Å². The molecule has 0 N–H and O–H groups in total. The standard InChI is InChI=1S/C29H36N2O7/c1-21-6-10-25(38-21)19-30(15-14-22-7-13-26(36-4)27(18-22)37-5)28(32)20-31(16-17-34-2)29(33)23-8-11-24(35-3)12-9-23/h6-13,18H,14-17,19-20H2,1-5H3. The molecule has 2 amide bonds. The number of methoxy groups -OCH3 is 4. The zero-order chi connectivity index (χ0) is 27.5. The van der Waals surface area contributed by atoms with Gasteiger partial charge in [0.1, 0.15) is 23.8 Å². The summed E-state index contributed by atoms with van der Waals surface area (Å²) in [6.45, 7) is 3.05. The highest BCUT2D eigenvalue weighted by Gasteiger charge is 2.23. The van der Waals surface area contributed by atoms with Gasteiger partial charge in [-0.25, -0.2) is 0 Å². The number of carbonyl (C=O) groups excluding carboxylic acids is 2. The molecule has 0 fully saturated rings. The van der Waals surface area contributed by atoms with Gasteiger partial charge in [0, 0.05) is 25.8 Å². The summed E-state index contributed by atoms with van der Waals surface area (Å²) in [5.74, 6) is 2.90. The minimum atomic E-state index is -0.258. The molecule has 9 heteroatoms. The Hall–Kier alpha value is -3.98. The molecular weight excluding hydrogens is 488 g/mol. The SMILES string of the molecule is COCCN(CC(=O)N(CCc1ccc(OC)c(OC)c1)Cc1ccc(C)o1)C(=O)c1ccc(OC)cc1. The van der Waals surface area contributed by atoms with Gasteiger partial charge < -0.3 is 33.2 Å². The van der Waals surface area contributed by atoms with Crippen molar-refractivity contribution in [3.63, 3.8) is 0 Å². The molecule has 0 saturated carbocycles. The Morgan fingerprint density at radius 1 is 0.816 bits per heavy atom. The molecule has 0 saturated heterocycles. The second-order valence-corrected chi connectivity index (χ2v) is 8.71. The Bertz CT molecular complexity index is 1190. The lowest BCUT2D eigenvalue weighted by Gasteiger charge is -2.27. The topological polar surface area (TPSA) is 90.7 Å². The Morgan fingerprint density at radius 2 is 1.55 bits per heavy atom. The maximum Gasteiger partial charge on any atom is 0.254 e. The molecule has 0 radical (unpaired) electrons. The Morgan fingerprint density at radius 3 is 2.16 bits per heavy atom. The minimum Gasteiger partial charge on any atom is -0.497 e. The van der Waals surface area contributed by atoms with Crippen LogP contribution in [0.25, 0.3) is 0 Å². The second-order valence-electron chi connectivity index (χ2n) is 8.71. The number of amides is 2. The molecule has 204 valence electrons. The predicted molar refractivity (Wildman–Crippen MR) is 143 cm³/mol. The van der Waals surface area contributed by atoms with Crippen LogP contribution in [0.2, 0.25) is 0 Å². The lowest BCUT2D eigenvalue weighted by molar-refractivity contribution is -0.132. The number of furan rings is 1. The molecule has 9 nitrogen and oxygen atoms in total. The molecular formula is C29H36N2O7. The van der Waals surface area contributed by atoms with Crippen molar-refractivity contribution in [3.05, 3.63) is 77.2 Å². The fraction of sp³-hybridized carbons (Fsp3) is 0.379. The van der Waals surface area contributed by atoms with Gasteiger partial charge in [0.25, 0.3) is 5.91 Å². The summed E-state index contributed by atoms with van der Waals surface area (Å²) in [7, 11) is 6.31. The number of hydrogen-bond acceptors (Lipinski definition) is 7. The van der Waals surface area contributed by atoms with Crippen LogP contribution < -0.4 is 14.2 Å². The summed E-state index contributed by atoms with van der Waals surface area (Å²) in [6.07, 6.45) is 0.580. The van der Waals surface area contributed by atoms with E-state index in [1.54, 1.807) is 57.6 Å². The summed E-state index contributed by atoms with van der Waals surface area (Å²) in [5, 5.41) is 0. The third-order valence-corrected chi connectivity index (χ3v) is 6.13. The normalized spacial score (nSPS) is 10.7. The molecule has 38 heavy (non-hydrogen) atoms. The first kappa shape index (κ1) is 28.6. The molecule has 0 unspecified atom stereocenters. The maximum atomic E-state index is 13.6. The third kappa shape index (κ3) is 7.76. The number of benzene rings is 2. The molecule has 2 aromatic carbocycles. The van der Waals surface area contributed by atoms with E-state index in [9.17, 15) is 9.59 Å². The van der Waals surface area contributed by atoms with E-state index < -0.39 is 0 Å². The lowest BCUT2D eigenvalue weighted by Crippen LogP contribution is -2.44. The van der Waals surface area contributed by atoms with Gasteiger partial charge in [-0.05, 0) is 67.4 Å². The monoisotopic (exact) mass is 524 g/mol. The van der Waals surface area contributed by atoms with E-state index in [0.717, 1.165) is 11.3 Å². The molecule has 0 atom stereocenters. The van der Waals surface area contributed by atoms with Gasteiger partial charge in [-0.3, -0.25) is 9.59 Å². The molecule has 0 aliphatic rings. The Labute approximate surface area is 223 Å². The first-order valence-corrected chi connectivity index (χ1v) is 12.3. The molecule has 0 spiro atoms. The van der Waals surface area contributed by atoms with Crippen molar-refractivity contribution >= 4 is 11.8 Å². The van der Waals surface area contributed by atoms with E-state index in [0.29, 0.717) is 48.1 Å². The zero-order valence-electron chi connectivity index (χ0n) is 22.7. The van der Waals surface area contributed by atoms with E-state index in [-0.39, 0.29) is 31.4 Å². The first-order chi connectivity index (χ1) is 18.4. The Kier molecular flexibility index (Phi) is 10.6. The number of rotatable bonds is 14. The largest absolute Gasteiger partial charge is 0.497 e. The lowest BCUT2D eigenvalue weighted by atomic mass is 10.1. The average molecular weight is 525 g/mol. The van der Waals surface area contributed by atoms with Gasteiger partial charge in [0.15, 0.2) is 11.5 Å². The van der Waals surface area contributed by atoms with E-state index >= 15 is 0 Å². The van der Waals surface area contributed by atoms with Crippen molar-refractivity contribution < 1.29 is 33.0 Å². The van der Waals surface area contributed by atoms with Crippen molar-refractivity contribution in [2.24, 2.45) is 0 Å². The highest BCUT2D eigenvalue weighted by molar-refractivity contribution is 5.96. The fourth-order valence-electron chi connectivity index (χ4n) is 3.98. The van der Waals surface area contributed by atoms with Crippen LogP contribution in [0, 0.1) is 6.92 Å². The van der Waals surface area contributed by atoms with Crippen LogP contribution in [0.4, 0.5) is 0 Å². The molecule has 3 rings (SSSR count). The minimum absolute atomic E-state index is 0.0974. The predicted octanol–water partition coefficient (Wildman–Crippen LogP) is 3.97. The summed E-state index contributed by atoms with van der Waals surface area (Å²) in [5.41, 5.74) is 1.45. The van der Waals surface area contributed by atoms with E-state index in [1.807, 2.05) is 37.3 Å². The summed E-state index contributed by atoms with van der Waals surface area (Å²) in [6, 6.07) is 16.2. The molecule has 0 aliphatic heterocycles. The van der Waals surface area contributed by atoms with Crippen molar-refractivity contribution in [3.8, 4) is 17.2 Å². The summed E-state index contributed by atoms with van der Waals surface area (Å²) in [4.78, 5) is 30.1. The zero-order valence-corrected chi connectivity index (χ0v) is 22.7. The molecule has 1 aromatic heterocycles. The second kappa shape index (κ2) is 14.1. The van der Waals surface area contributed by atoms with Gasteiger partial charge in [-0.1, -0.05) is 6.07 Å². The molecule has 0 bridgehead atoms. The van der Waals surface area contributed by atoms with Crippen LogP contribution in [0.15, 0.2) is 59.0 Å². The number of aryl methyl sites for hydroxylation is 1. The molecule has 1 heterocycles. The molecule has 0 aliphatic carbocycles. The van der Waals surface area contributed by atoms with Crippen LogP contribution in [-0.2, 0) is 22.5 Å². The quantitative estimate of drug-likeness (QED) is 0.315. The Balaban J connectivity index is 1.78. The van der Waals surface area contributed by atoms with Crippen LogP contribution in [0.3, 0.4) is 0 Å². The van der Waals surface area contributed by atoms with Crippen molar-refractivity contribution in [2.75, 3.05) is 54.7 Å². The highest BCUT2D eigenvalue weighted by Crippen LogP contribution is 2.28.